The Hall–Kier alpha value is -2.80. The molecule has 2 fully saturated rings. The first-order valence-electron chi connectivity index (χ1n) is 14.1. The molecule has 2 heterocycles. The molecule has 0 spiro atoms. The summed E-state index contributed by atoms with van der Waals surface area (Å²) in [4.78, 5) is 6.90. The normalized spacial score (nSPS) is 20.3. The average Bonchev–Trinajstić information content (AvgIpc) is 3.64. The molecular formula is C29H36F3N5O3S. The van der Waals surface area contributed by atoms with Crippen molar-refractivity contribution in [2.75, 3.05) is 13.2 Å². The van der Waals surface area contributed by atoms with Crippen LogP contribution in [0.2, 0.25) is 0 Å². The highest BCUT2D eigenvalue weighted by Gasteiger charge is 2.37. The monoisotopic (exact) mass is 591 g/mol. The molecule has 3 aromatic rings. The van der Waals surface area contributed by atoms with Crippen molar-refractivity contribution in [1.82, 2.24) is 19.8 Å². The van der Waals surface area contributed by atoms with Crippen LogP contribution in [0.4, 0.5) is 13.2 Å². The van der Waals surface area contributed by atoms with E-state index in [-0.39, 0.29) is 35.7 Å². The van der Waals surface area contributed by atoms with Crippen LogP contribution in [0.15, 0.2) is 51.9 Å². The molecule has 1 saturated heterocycles. The Balaban J connectivity index is 1.27. The largest absolute Gasteiger partial charge is 0.493 e. The Labute approximate surface area is 240 Å². The highest BCUT2D eigenvalue weighted by Crippen LogP contribution is 2.39. The van der Waals surface area contributed by atoms with Crippen molar-refractivity contribution in [2.24, 2.45) is 11.7 Å². The molecule has 12 heteroatoms. The molecule has 3 unspecified atom stereocenters. The molecule has 1 aliphatic carbocycles. The number of halogens is 3. The van der Waals surface area contributed by atoms with Gasteiger partial charge in [-0.1, -0.05) is 55.0 Å². The summed E-state index contributed by atoms with van der Waals surface area (Å²) in [6.07, 6.45) is 2.64. The summed E-state index contributed by atoms with van der Waals surface area (Å²) in [6, 6.07) is 10.8. The summed E-state index contributed by atoms with van der Waals surface area (Å²) >= 11 is 0. The second kappa shape index (κ2) is 13.0. The van der Waals surface area contributed by atoms with Crippen LogP contribution in [-0.2, 0) is 17.2 Å². The Morgan fingerprint density at radius 1 is 1.12 bits per heavy atom. The molecule has 0 bridgehead atoms. The first kappa shape index (κ1) is 29.7. The minimum absolute atomic E-state index is 0.0517. The van der Waals surface area contributed by atoms with Crippen LogP contribution >= 0.6 is 0 Å². The van der Waals surface area contributed by atoms with Crippen LogP contribution in [-0.4, -0.2) is 38.7 Å². The number of rotatable bonds is 10. The predicted molar refractivity (Wildman–Crippen MR) is 149 cm³/mol. The summed E-state index contributed by atoms with van der Waals surface area (Å²) in [5.74, 6) is 0.616. The van der Waals surface area contributed by atoms with Gasteiger partial charge in [0.25, 0.3) is 0 Å². The maximum absolute atomic E-state index is 14.0. The lowest BCUT2D eigenvalue weighted by molar-refractivity contribution is -0.138. The standard InChI is InChI=1S/C29H36F3N5O3S/c1-19-9-12-22(13-10-19)41(38)36-28(33)37-16-5-8-24(37)27-34-26(35-40-27)21-11-14-25(23(18-21)29(30,31)32)39-17-15-20-6-3-2-4-7-20/h9-14,18,20,24,28,36H,2-8,15-17,33H2,1H3. The zero-order valence-electron chi connectivity index (χ0n) is 23.0. The molecule has 41 heavy (non-hydrogen) atoms. The fourth-order valence-electron chi connectivity index (χ4n) is 5.61. The molecule has 1 saturated carbocycles. The SMILES string of the molecule is Cc1ccc(S(=O)NC(N)N2CCCC2c2nc(-c3ccc(OCCC4CCCCC4)c(C(F)(F)F)c3)no2)cc1. The second-order valence-electron chi connectivity index (χ2n) is 10.8. The van der Waals surface area contributed by atoms with Crippen LogP contribution in [0.1, 0.15) is 74.4 Å². The van der Waals surface area contributed by atoms with E-state index in [2.05, 4.69) is 14.9 Å². The van der Waals surface area contributed by atoms with Crippen LogP contribution < -0.4 is 15.2 Å². The van der Waals surface area contributed by atoms with E-state index in [0.717, 1.165) is 37.3 Å². The lowest BCUT2D eigenvalue weighted by Gasteiger charge is -2.28. The van der Waals surface area contributed by atoms with Gasteiger partial charge in [-0.2, -0.15) is 18.2 Å². The van der Waals surface area contributed by atoms with E-state index in [9.17, 15) is 17.4 Å². The third kappa shape index (κ3) is 7.35. The summed E-state index contributed by atoms with van der Waals surface area (Å²) in [6.45, 7) is 2.80. The van der Waals surface area contributed by atoms with Gasteiger partial charge in [0.15, 0.2) is 0 Å². The number of benzene rings is 2. The number of ether oxygens (including phenoxy) is 1. The molecule has 3 N–H and O–H groups in total. The van der Waals surface area contributed by atoms with Crippen molar-refractivity contribution < 1.29 is 26.6 Å². The average molecular weight is 592 g/mol. The Morgan fingerprint density at radius 3 is 2.61 bits per heavy atom. The molecule has 1 aromatic heterocycles. The second-order valence-corrected chi connectivity index (χ2v) is 12.1. The number of hydrogen-bond acceptors (Lipinski definition) is 7. The number of nitrogens with zero attached hydrogens (tertiary/aromatic N) is 3. The summed E-state index contributed by atoms with van der Waals surface area (Å²) in [5, 5.41) is 3.98. The highest BCUT2D eigenvalue weighted by molar-refractivity contribution is 7.83. The summed E-state index contributed by atoms with van der Waals surface area (Å²) in [5.41, 5.74) is 6.73. The molecule has 222 valence electrons. The van der Waals surface area contributed by atoms with Gasteiger partial charge in [-0.05, 0) is 62.4 Å². The minimum Gasteiger partial charge on any atom is -0.493 e. The van der Waals surface area contributed by atoms with Crippen molar-refractivity contribution in [2.45, 2.75) is 81.7 Å². The summed E-state index contributed by atoms with van der Waals surface area (Å²) in [7, 11) is -1.53. The lowest BCUT2D eigenvalue weighted by atomic mass is 9.87. The molecule has 8 nitrogen and oxygen atoms in total. The number of likely N-dealkylation sites (tertiary alicyclic amines) is 1. The minimum atomic E-state index is -4.60. The molecule has 5 rings (SSSR count). The van der Waals surface area contributed by atoms with E-state index in [1.165, 1.54) is 31.4 Å². The van der Waals surface area contributed by atoms with Crippen molar-refractivity contribution >= 4 is 11.0 Å². The Bertz CT molecular complexity index is 1330. The van der Waals surface area contributed by atoms with Crippen LogP contribution in [0, 0.1) is 12.8 Å². The quantitative estimate of drug-likeness (QED) is 0.274. The molecule has 0 amide bonds. The van der Waals surface area contributed by atoms with E-state index in [1.54, 1.807) is 12.1 Å². The highest BCUT2D eigenvalue weighted by atomic mass is 32.2. The van der Waals surface area contributed by atoms with E-state index < -0.39 is 29.0 Å². The Kier molecular flexibility index (Phi) is 9.42. The van der Waals surface area contributed by atoms with Crippen molar-refractivity contribution in [3.8, 4) is 17.1 Å². The fourth-order valence-corrected chi connectivity index (χ4v) is 6.48. The number of aromatic nitrogens is 2. The number of aryl methyl sites for hydroxylation is 1. The van der Waals surface area contributed by atoms with Crippen molar-refractivity contribution in [1.29, 1.82) is 0 Å². The number of nitrogens with one attached hydrogen (secondary N) is 1. The van der Waals surface area contributed by atoms with Gasteiger partial charge < -0.3 is 15.0 Å². The van der Waals surface area contributed by atoms with Gasteiger partial charge in [0.1, 0.15) is 23.0 Å². The van der Waals surface area contributed by atoms with Crippen LogP contribution in [0.5, 0.6) is 5.75 Å². The molecule has 2 aliphatic rings. The number of hydrogen-bond donors (Lipinski definition) is 2. The van der Waals surface area contributed by atoms with Gasteiger partial charge in [0, 0.05) is 12.1 Å². The van der Waals surface area contributed by atoms with Gasteiger partial charge in [0.2, 0.25) is 11.7 Å². The molecule has 3 atom stereocenters. The molecule has 2 aromatic carbocycles. The molecule has 1 aliphatic heterocycles. The molecular weight excluding hydrogens is 555 g/mol. The van der Waals surface area contributed by atoms with E-state index in [1.807, 2.05) is 24.0 Å². The zero-order chi connectivity index (χ0) is 29.0. The van der Waals surface area contributed by atoms with Crippen LogP contribution in [0.3, 0.4) is 0 Å². The van der Waals surface area contributed by atoms with Gasteiger partial charge in [-0.15, -0.1) is 0 Å². The lowest BCUT2D eigenvalue weighted by Crippen LogP contribution is -2.52. The van der Waals surface area contributed by atoms with Crippen LogP contribution in [0.25, 0.3) is 11.4 Å². The van der Waals surface area contributed by atoms with Gasteiger partial charge in [0.05, 0.1) is 23.1 Å². The van der Waals surface area contributed by atoms with Gasteiger partial charge in [-0.3, -0.25) is 4.90 Å². The number of alkyl halides is 3. The zero-order valence-corrected chi connectivity index (χ0v) is 23.8. The third-order valence-corrected chi connectivity index (χ3v) is 9.05. The maximum Gasteiger partial charge on any atom is 0.419 e. The van der Waals surface area contributed by atoms with E-state index in [0.29, 0.717) is 23.8 Å². The fraction of sp³-hybridized carbons (Fsp3) is 0.517. The third-order valence-electron chi connectivity index (χ3n) is 7.89. The maximum atomic E-state index is 14.0. The smallest absolute Gasteiger partial charge is 0.419 e. The summed E-state index contributed by atoms with van der Waals surface area (Å²) < 4.78 is 68.7. The first-order chi connectivity index (χ1) is 19.7. The van der Waals surface area contributed by atoms with Gasteiger partial charge in [-0.25, -0.2) is 8.93 Å². The van der Waals surface area contributed by atoms with Gasteiger partial charge >= 0.3 is 6.18 Å². The van der Waals surface area contributed by atoms with Crippen molar-refractivity contribution in [3.05, 3.63) is 59.5 Å². The first-order valence-corrected chi connectivity index (χ1v) is 15.3. The molecule has 0 radical (unpaired) electrons. The number of nitrogens with two attached hydrogens (primary N) is 1. The Morgan fingerprint density at radius 2 is 1.88 bits per heavy atom. The van der Waals surface area contributed by atoms with E-state index >= 15 is 0 Å². The topological polar surface area (TPSA) is 107 Å². The van der Waals surface area contributed by atoms with Crippen molar-refractivity contribution in [3.63, 3.8) is 0 Å². The predicted octanol–water partition coefficient (Wildman–Crippen LogP) is 6.10. The van der Waals surface area contributed by atoms with E-state index in [4.69, 9.17) is 15.0 Å².